The lowest BCUT2D eigenvalue weighted by molar-refractivity contribution is 0.105. The third kappa shape index (κ3) is 2.20. The first kappa shape index (κ1) is 9.00. The molecular weight excluding hydrogens is 170 g/mol. The predicted molar refractivity (Wildman–Crippen MR) is 51.6 cm³/mol. The van der Waals surface area contributed by atoms with Crippen LogP contribution in [0.1, 0.15) is 15.2 Å². The minimum atomic E-state index is 0.0578. The number of carbonyl (C=O) groups excluding carboxylic acids is 1. The molecule has 0 atom stereocenters. The lowest BCUT2D eigenvalue weighted by atomic mass is 10.3. The molecular formula is C9H11NOS. The Labute approximate surface area is 75.9 Å². The maximum atomic E-state index is 11.3. The molecule has 1 aromatic rings. The standard InChI is InChI=1S/C9H11NOS/c1-7-5-9(12-6-7)8(11)3-4-10-2/h3-6,10H,1-2H3. The highest BCUT2D eigenvalue weighted by Crippen LogP contribution is 2.14. The zero-order valence-electron chi connectivity index (χ0n) is 7.13. The third-order valence-corrected chi connectivity index (χ3v) is 2.44. The highest BCUT2D eigenvalue weighted by atomic mass is 32.1. The summed E-state index contributed by atoms with van der Waals surface area (Å²) in [5.41, 5.74) is 1.14. The summed E-state index contributed by atoms with van der Waals surface area (Å²) >= 11 is 1.48. The predicted octanol–water partition coefficient (Wildman–Crippen LogP) is 1.97. The van der Waals surface area contributed by atoms with Crippen molar-refractivity contribution >= 4 is 17.1 Å². The normalized spacial score (nSPS) is 10.5. The Kier molecular flexibility index (Phi) is 3.05. The van der Waals surface area contributed by atoms with Gasteiger partial charge in [-0.25, -0.2) is 0 Å². The van der Waals surface area contributed by atoms with Crippen molar-refractivity contribution in [1.29, 1.82) is 0 Å². The fraction of sp³-hybridized carbons (Fsp3) is 0.222. The number of rotatable bonds is 3. The zero-order valence-corrected chi connectivity index (χ0v) is 7.94. The van der Waals surface area contributed by atoms with Crippen LogP contribution in [-0.4, -0.2) is 12.8 Å². The van der Waals surface area contributed by atoms with Crippen molar-refractivity contribution in [3.63, 3.8) is 0 Å². The van der Waals surface area contributed by atoms with Gasteiger partial charge < -0.3 is 5.32 Å². The smallest absolute Gasteiger partial charge is 0.197 e. The molecule has 0 aliphatic carbocycles. The van der Waals surface area contributed by atoms with E-state index in [-0.39, 0.29) is 5.78 Å². The molecule has 64 valence electrons. The molecule has 3 heteroatoms. The van der Waals surface area contributed by atoms with Crippen LogP contribution < -0.4 is 5.32 Å². The zero-order chi connectivity index (χ0) is 8.97. The van der Waals surface area contributed by atoms with Crippen LogP contribution in [0.15, 0.2) is 23.7 Å². The number of ketones is 1. The lowest BCUT2D eigenvalue weighted by Crippen LogP contribution is -1.96. The molecule has 2 nitrogen and oxygen atoms in total. The molecule has 1 N–H and O–H groups in total. The second-order valence-electron chi connectivity index (χ2n) is 2.47. The van der Waals surface area contributed by atoms with Crippen LogP contribution in [0.2, 0.25) is 0 Å². The van der Waals surface area contributed by atoms with Gasteiger partial charge in [0.1, 0.15) is 0 Å². The summed E-state index contributed by atoms with van der Waals surface area (Å²) < 4.78 is 0. The van der Waals surface area contributed by atoms with E-state index in [4.69, 9.17) is 0 Å². The van der Waals surface area contributed by atoms with Crippen LogP contribution in [-0.2, 0) is 0 Å². The molecule has 0 fully saturated rings. The molecule has 0 aromatic carbocycles. The molecule has 0 amide bonds. The fourth-order valence-electron chi connectivity index (χ4n) is 0.802. The number of allylic oxidation sites excluding steroid dienone is 1. The first-order valence-electron chi connectivity index (χ1n) is 3.67. The Balaban J connectivity index is 2.72. The number of aryl methyl sites for hydroxylation is 1. The maximum Gasteiger partial charge on any atom is 0.197 e. The molecule has 1 heterocycles. The van der Waals surface area contributed by atoms with Gasteiger partial charge in [-0.1, -0.05) is 0 Å². The maximum absolute atomic E-state index is 11.3. The largest absolute Gasteiger partial charge is 0.394 e. The van der Waals surface area contributed by atoms with Gasteiger partial charge in [0.25, 0.3) is 0 Å². The first-order chi connectivity index (χ1) is 5.74. The summed E-state index contributed by atoms with van der Waals surface area (Å²) in [6, 6.07) is 1.90. The average molecular weight is 181 g/mol. The molecule has 0 bridgehead atoms. The number of carbonyl (C=O) groups is 1. The summed E-state index contributed by atoms with van der Waals surface area (Å²) in [6.07, 6.45) is 3.17. The molecule has 1 rings (SSSR count). The Morgan fingerprint density at radius 1 is 1.67 bits per heavy atom. The highest BCUT2D eigenvalue weighted by molar-refractivity contribution is 7.12. The highest BCUT2D eigenvalue weighted by Gasteiger charge is 2.02. The molecule has 0 saturated carbocycles. The molecule has 0 spiro atoms. The van der Waals surface area contributed by atoms with Crippen LogP contribution in [0.4, 0.5) is 0 Å². The van der Waals surface area contributed by atoms with E-state index in [1.807, 2.05) is 18.4 Å². The molecule has 12 heavy (non-hydrogen) atoms. The third-order valence-electron chi connectivity index (χ3n) is 1.37. The number of hydrogen-bond acceptors (Lipinski definition) is 3. The van der Waals surface area contributed by atoms with Gasteiger partial charge in [0.05, 0.1) is 4.88 Å². The van der Waals surface area contributed by atoms with Crippen molar-refractivity contribution < 1.29 is 4.79 Å². The van der Waals surface area contributed by atoms with E-state index in [1.54, 1.807) is 13.2 Å². The Bertz CT molecular complexity index is 301. The second kappa shape index (κ2) is 4.07. The van der Waals surface area contributed by atoms with E-state index in [2.05, 4.69) is 5.32 Å². The van der Waals surface area contributed by atoms with E-state index >= 15 is 0 Å². The van der Waals surface area contributed by atoms with Gasteiger partial charge in [-0.3, -0.25) is 4.79 Å². The van der Waals surface area contributed by atoms with Gasteiger partial charge in [0.15, 0.2) is 5.78 Å². The number of thiophene rings is 1. The van der Waals surface area contributed by atoms with Gasteiger partial charge in [-0.15, -0.1) is 11.3 Å². The van der Waals surface area contributed by atoms with Crippen molar-refractivity contribution in [3.8, 4) is 0 Å². The minimum absolute atomic E-state index is 0.0578. The van der Waals surface area contributed by atoms with Crippen LogP contribution in [0, 0.1) is 6.92 Å². The van der Waals surface area contributed by atoms with E-state index in [0.29, 0.717) is 0 Å². The van der Waals surface area contributed by atoms with Gasteiger partial charge in [0, 0.05) is 19.3 Å². The summed E-state index contributed by atoms with van der Waals surface area (Å²) in [5.74, 6) is 0.0578. The Morgan fingerprint density at radius 2 is 2.42 bits per heavy atom. The van der Waals surface area contributed by atoms with Crippen LogP contribution in [0.3, 0.4) is 0 Å². The molecule has 0 radical (unpaired) electrons. The Morgan fingerprint density at radius 3 is 2.92 bits per heavy atom. The van der Waals surface area contributed by atoms with Crippen molar-refractivity contribution in [2.24, 2.45) is 0 Å². The number of hydrogen-bond donors (Lipinski definition) is 1. The summed E-state index contributed by atoms with van der Waals surface area (Å²) in [5, 5.41) is 4.75. The first-order valence-corrected chi connectivity index (χ1v) is 4.55. The van der Waals surface area contributed by atoms with E-state index < -0.39 is 0 Å². The topological polar surface area (TPSA) is 29.1 Å². The lowest BCUT2D eigenvalue weighted by Gasteiger charge is -1.87. The summed E-state index contributed by atoms with van der Waals surface area (Å²) in [7, 11) is 1.77. The molecule has 0 aliphatic heterocycles. The van der Waals surface area contributed by atoms with E-state index in [9.17, 15) is 4.79 Å². The van der Waals surface area contributed by atoms with Crippen molar-refractivity contribution in [1.82, 2.24) is 5.32 Å². The summed E-state index contributed by atoms with van der Waals surface area (Å²) in [4.78, 5) is 12.1. The fourth-order valence-corrected chi connectivity index (χ4v) is 1.62. The van der Waals surface area contributed by atoms with Gasteiger partial charge in [-0.2, -0.15) is 0 Å². The monoisotopic (exact) mass is 181 g/mol. The van der Waals surface area contributed by atoms with E-state index in [0.717, 1.165) is 10.4 Å². The SMILES string of the molecule is CNC=CC(=O)c1cc(C)cs1. The van der Waals surface area contributed by atoms with Gasteiger partial charge in [-0.05, 0) is 23.9 Å². The van der Waals surface area contributed by atoms with Crippen LogP contribution in [0.25, 0.3) is 0 Å². The van der Waals surface area contributed by atoms with Crippen molar-refractivity contribution in [2.45, 2.75) is 6.92 Å². The Hall–Kier alpha value is -1.09. The minimum Gasteiger partial charge on any atom is -0.394 e. The molecule has 1 aromatic heterocycles. The van der Waals surface area contributed by atoms with Crippen LogP contribution >= 0.6 is 11.3 Å². The quantitative estimate of drug-likeness (QED) is 0.570. The molecule has 0 aliphatic rings. The second-order valence-corrected chi connectivity index (χ2v) is 3.39. The van der Waals surface area contributed by atoms with Gasteiger partial charge >= 0.3 is 0 Å². The van der Waals surface area contributed by atoms with E-state index in [1.165, 1.54) is 17.4 Å². The molecule has 0 saturated heterocycles. The van der Waals surface area contributed by atoms with Crippen molar-refractivity contribution in [3.05, 3.63) is 34.2 Å². The number of nitrogens with one attached hydrogen (secondary N) is 1. The van der Waals surface area contributed by atoms with Crippen molar-refractivity contribution in [2.75, 3.05) is 7.05 Å². The average Bonchev–Trinajstić information content (AvgIpc) is 2.47. The van der Waals surface area contributed by atoms with Crippen LogP contribution in [0.5, 0.6) is 0 Å². The van der Waals surface area contributed by atoms with Gasteiger partial charge in [0.2, 0.25) is 0 Å². The summed E-state index contributed by atoms with van der Waals surface area (Å²) in [6.45, 7) is 1.98. The molecule has 0 unspecified atom stereocenters.